The largest absolute Gasteiger partial charge is 0.496 e. The molecule has 1 heterocycles. The average Bonchev–Trinajstić information content (AvgIpc) is 2.83. The van der Waals surface area contributed by atoms with Crippen LogP contribution < -0.4 is 20.1 Å². The van der Waals surface area contributed by atoms with Crippen LogP contribution in [0.2, 0.25) is 5.02 Å². The molecule has 0 saturated heterocycles. The number of nitrogens with one attached hydrogen (secondary N) is 2. The van der Waals surface area contributed by atoms with Gasteiger partial charge in [0, 0.05) is 10.7 Å². The molecule has 0 radical (unpaired) electrons. The summed E-state index contributed by atoms with van der Waals surface area (Å²) in [4.78, 5) is 25.2. The van der Waals surface area contributed by atoms with E-state index in [4.69, 9.17) is 21.1 Å². The molecule has 3 aromatic carbocycles. The second kappa shape index (κ2) is 7.25. The van der Waals surface area contributed by atoms with Crippen molar-refractivity contribution in [3.8, 4) is 17.2 Å². The quantitative estimate of drug-likeness (QED) is 0.658. The monoisotopic (exact) mass is 394 g/mol. The number of hydrogen-bond acceptors (Lipinski definition) is 4. The summed E-state index contributed by atoms with van der Waals surface area (Å²) in [5, 5.41) is 6.03. The van der Waals surface area contributed by atoms with Gasteiger partial charge < -0.3 is 20.1 Å². The standard InChI is InChI=1S/C21H15ClN2O4/c1-27-17-5-3-2-4-14(17)20(25)23-13-7-9-18-15(11-13)21(26)24-16-10-12(22)6-8-19(16)28-18/h2-11H,1H3,(H,23,25)(H,24,26). The first kappa shape index (κ1) is 17.9. The van der Waals surface area contributed by atoms with Crippen molar-refractivity contribution in [1.29, 1.82) is 0 Å². The maximum atomic E-state index is 12.6. The second-order valence-electron chi connectivity index (χ2n) is 6.06. The number of benzene rings is 3. The number of methoxy groups -OCH3 is 1. The van der Waals surface area contributed by atoms with Crippen molar-refractivity contribution >= 4 is 34.8 Å². The number of fused-ring (bicyclic) bond motifs is 2. The van der Waals surface area contributed by atoms with Crippen LogP contribution in [0.5, 0.6) is 17.2 Å². The van der Waals surface area contributed by atoms with Crippen LogP contribution in [0.15, 0.2) is 60.7 Å². The van der Waals surface area contributed by atoms with Crippen LogP contribution in [0.4, 0.5) is 11.4 Å². The van der Waals surface area contributed by atoms with Gasteiger partial charge in [-0.25, -0.2) is 0 Å². The molecular weight excluding hydrogens is 380 g/mol. The molecule has 140 valence electrons. The molecule has 4 rings (SSSR count). The van der Waals surface area contributed by atoms with Gasteiger partial charge in [0.1, 0.15) is 11.5 Å². The van der Waals surface area contributed by atoms with Crippen LogP contribution in [0.25, 0.3) is 0 Å². The van der Waals surface area contributed by atoms with E-state index in [9.17, 15) is 9.59 Å². The fourth-order valence-corrected chi connectivity index (χ4v) is 3.07. The minimum atomic E-state index is -0.357. The molecule has 0 atom stereocenters. The van der Waals surface area contributed by atoms with Crippen molar-refractivity contribution in [2.45, 2.75) is 0 Å². The van der Waals surface area contributed by atoms with E-state index in [0.29, 0.717) is 44.8 Å². The summed E-state index contributed by atoms with van der Waals surface area (Å²) in [6.07, 6.45) is 0. The van der Waals surface area contributed by atoms with Gasteiger partial charge >= 0.3 is 0 Å². The highest BCUT2D eigenvalue weighted by atomic mass is 35.5. The van der Waals surface area contributed by atoms with Crippen LogP contribution in [0.1, 0.15) is 20.7 Å². The number of para-hydroxylation sites is 1. The highest BCUT2D eigenvalue weighted by Crippen LogP contribution is 2.38. The Bertz CT molecular complexity index is 1100. The Morgan fingerprint density at radius 2 is 1.86 bits per heavy atom. The van der Waals surface area contributed by atoms with Crippen LogP contribution >= 0.6 is 11.6 Å². The number of anilines is 2. The van der Waals surface area contributed by atoms with Crippen molar-refractivity contribution in [1.82, 2.24) is 0 Å². The van der Waals surface area contributed by atoms with Gasteiger partial charge in [-0.15, -0.1) is 0 Å². The number of halogens is 1. The zero-order valence-electron chi connectivity index (χ0n) is 14.8. The first-order valence-electron chi connectivity index (χ1n) is 8.42. The van der Waals surface area contributed by atoms with E-state index in [1.165, 1.54) is 7.11 Å². The SMILES string of the molecule is COc1ccccc1C(=O)Nc1ccc2c(c1)C(=O)Nc1cc(Cl)ccc1O2. The Hall–Kier alpha value is -3.51. The molecule has 3 aromatic rings. The zero-order valence-corrected chi connectivity index (χ0v) is 15.5. The van der Waals surface area contributed by atoms with Crippen molar-refractivity contribution in [2.24, 2.45) is 0 Å². The third-order valence-electron chi connectivity index (χ3n) is 4.24. The van der Waals surface area contributed by atoms with Gasteiger partial charge in [0.15, 0.2) is 5.75 Å². The Labute approximate surface area is 166 Å². The Balaban J connectivity index is 1.63. The highest BCUT2D eigenvalue weighted by Gasteiger charge is 2.22. The van der Waals surface area contributed by atoms with Crippen LogP contribution in [0, 0.1) is 0 Å². The van der Waals surface area contributed by atoms with Gasteiger partial charge in [0.05, 0.1) is 23.9 Å². The summed E-state index contributed by atoms with van der Waals surface area (Å²) in [6.45, 7) is 0. The Morgan fingerprint density at radius 1 is 1.07 bits per heavy atom. The number of carbonyl (C=O) groups is 2. The van der Waals surface area contributed by atoms with E-state index in [2.05, 4.69) is 10.6 Å². The minimum absolute atomic E-state index is 0.296. The smallest absolute Gasteiger partial charge is 0.259 e. The van der Waals surface area contributed by atoms with E-state index in [1.807, 2.05) is 0 Å². The second-order valence-corrected chi connectivity index (χ2v) is 6.50. The van der Waals surface area contributed by atoms with Gasteiger partial charge in [-0.2, -0.15) is 0 Å². The molecular formula is C21H15ClN2O4. The number of rotatable bonds is 3. The third kappa shape index (κ3) is 3.37. The normalized spacial score (nSPS) is 12.0. The van der Waals surface area contributed by atoms with Gasteiger partial charge in [-0.3, -0.25) is 9.59 Å². The molecule has 2 N–H and O–H groups in total. The topological polar surface area (TPSA) is 76.7 Å². The van der Waals surface area contributed by atoms with Crippen molar-refractivity contribution in [2.75, 3.05) is 17.7 Å². The molecule has 1 aliphatic heterocycles. The fourth-order valence-electron chi connectivity index (χ4n) is 2.90. The molecule has 0 aliphatic carbocycles. The Morgan fingerprint density at radius 3 is 2.68 bits per heavy atom. The summed E-state index contributed by atoms with van der Waals surface area (Å²) in [5.41, 5.74) is 1.62. The number of ether oxygens (including phenoxy) is 2. The van der Waals surface area contributed by atoms with Gasteiger partial charge in [-0.05, 0) is 48.5 Å². The van der Waals surface area contributed by atoms with E-state index >= 15 is 0 Å². The molecule has 0 bridgehead atoms. The third-order valence-corrected chi connectivity index (χ3v) is 4.48. The molecule has 7 heteroatoms. The summed E-state index contributed by atoms with van der Waals surface area (Å²) >= 11 is 5.99. The molecule has 0 aromatic heterocycles. The predicted molar refractivity (Wildman–Crippen MR) is 107 cm³/mol. The molecule has 0 saturated carbocycles. The van der Waals surface area contributed by atoms with Gasteiger partial charge in [0.2, 0.25) is 0 Å². The lowest BCUT2D eigenvalue weighted by Gasteiger charge is -2.11. The number of amides is 2. The minimum Gasteiger partial charge on any atom is -0.496 e. The lowest BCUT2D eigenvalue weighted by Crippen LogP contribution is -2.15. The number of carbonyl (C=O) groups excluding carboxylic acids is 2. The fraction of sp³-hybridized carbons (Fsp3) is 0.0476. The van der Waals surface area contributed by atoms with Crippen LogP contribution in [-0.4, -0.2) is 18.9 Å². The van der Waals surface area contributed by atoms with E-state index in [-0.39, 0.29) is 11.8 Å². The average molecular weight is 395 g/mol. The molecule has 0 unspecified atom stereocenters. The molecule has 28 heavy (non-hydrogen) atoms. The van der Waals surface area contributed by atoms with Gasteiger partial charge in [-0.1, -0.05) is 23.7 Å². The maximum Gasteiger partial charge on any atom is 0.259 e. The first-order valence-corrected chi connectivity index (χ1v) is 8.80. The van der Waals surface area contributed by atoms with E-state index < -0.39 is 0 Å². The summed E-state index contributed by atoms with van der Waals surface area (Å²) < 4.78 is 11.1. The number of hydrogen-bond donors (Lipinski definition) is 2. The van der Waals surface area contributed by atoms with Crippen molar-refractivity contribution in [3.05, 3.63) is 76.8 Å². The lowest BCUT2D eigenvalue weighted by atomic mass is 10.1. The molecule has 0 spiro atoms. The zero-order chi connectivity index (χ0) is 19.7. The Kier molecular flexibility index (Phi) is 4.63. The molecule has 6 nitrogen and oxygen atoms in total. The highest BCUT2D eigenvalue weighted by molar-refractivity contribution is 6.31. The maximum absolute atomic E-state index is 12.6. The molecule has 2 amide bonds. The van der Waals surface area contributed by atoms with E-state index in [0.717, 1.165) is 0 Å². The van der Waals surface area contributed by atoms with Crippen molar-refractivity contribution < 1.29 is 19.1 Å². The van der Waals surface area contributed by atoms with Gasteiger partial charge in [0.25, 0.3) is 11.8 Å². The van der Waals surface area contributed by atoms with Crippen LogP contribution in [-0.2, 0) is 0 Å². The predicted octanol–water partition coefficient (Wildman–Crippen LogP) is 4.96. The first-order chi connectivity index (χ1) is 13.5. The molecule has 0 fully saturated rings. The lowest BCUT2D eigenvalue weighted by molar-refractivity contribution is 0.101. The van der Waals surface area contributed by atoms with Crippen molar-refractivity contribution in [3.63, 3.8) is 0 Å². The summed E-state index contributed by atoms with van der Waals surface area (Å²) in [7, 11) is 1.50. The summed E-state index contributed by atoms with van der Waals surface area (Å²) in [6, 6.07) is 16.7. The van der Waals surface area contributed by atoms with E-state index in [1.54, 1.807) is 60.7 Å². The van der Waals surface area contributed by atoms with Crippen LogP contribution in [0.3, 0.4) is 0 Å². The molecule has 1 aliphatic rings. The summed E-state index contributed by atoms with van der Waals surface area (Å²) in [5.74, 6) is 0.631.